The van der Waals surface area contributed by atoms with E-state index in [0.717, 1.165) is 5.56 Å². The Morgan fingerprint density at radius 1 is 1.20 bits per heavy atom. The summed E-state index contributed by atoms with van der Waals surface area (Å²) in [5, 5.41) is 0. The second-order valence-corrected chi connectivity index (χ2v) is 4.84. The average Bonchev–Trinajstić information content (AvgIpc) is 2.45. The molecule has 1 aromatic rings. The number of carbonyl (C=O) groups excluding carboxylic acids is 1. The van der Waals surface area contributed by atoms with E-state index in [1.165, 1.54) is 7.11 Å². The Hall–Kier alpha value is -1.75. The minimum atomic E-state index is -0.211. The zero-order chi connectivity index (χ0) is 15.1. The molecule has 20 heavy (non-hydrogen) atoms. The molecule has 1 aromatic carbocycles. The van der Waals surface area contributed by atoms with Gasteiger partial charge in [-0.3, -0.25) is 4.79 Å². The van der Waals surface area contributed by atoms with Crippen LogP contribution in [0.5, 0.6) is 11.5 Å². The Labute approximate surface area is 120 Å². The van der Waals surface area contributed by atoms with Gasteiger partial charge in [-0.1, -0.05) is 13.0 Å². The molecule has 0 aliphatic carbocycles. The molecule has 0 bridgehead atoms. The van der Waals surface area contributed by atoms with E-state index in [2.05, 4.69) is 4.74 Å². The van der Waals surface area contributed by atoms with Gasteiger partial charge in [-0.15, -0.1) is 0 Å². The first-order valence-corrected chi connectivity index (χ1v) is 6.56. The van der Waals surface area contributed by atoms with Gasteiger partial charge in [-0.2, -0.15) is 0 Å². The maximum Gasteiger partial charge on any atom is 0.305 e. The Bertz CT molecular complexity index is 447. The number of nitrogens with two attached hydrogens (primary N) is 1. The lowest BCUT2D eigenvalue weighted by atomic mass is 9.94. The van der Waals surface area contributed by atoms with Crippen molar-refractivity contribution in [1.82, 2.24) is 0 Å². The molecular weight excluding hydrogens is 258 g/mol. The smallest absolute Gasteiger partial charge is 0.305 e. The maximum absolute atomic E-state index is 11.2. The molecule has 0 heterocycles. The van der Waals surface area contributed by atoms with E-state index < -0.39 is 0 Å². The van der Waals surface area contributed by atoms with Crippen LogP contribution in [0.15, 0.2) is 18.2 Å². The summed E-state index contributed by atoms with van der Waals surface area (Å²) in [6.07, 6.45) is 1.07. The number of carbonyl (C=O) groups is 1. The van der Waals surface area contributed by atoms with Crippen molar-refractivity contribution in [3.8, 4) is 11.5 Å². The lowest BCUT2D eigenvalue weighted by Crippen LogP contribution is -2.16. The highest BCUT2D eigenvalue weighted by atomic mass is 16.5. The molecule has 0 spiro atoms. The van der Waals surface area contributed by atoms with Crippen LogP contribution in [-0.2, 0) is 9.53 Å². The van der Waals surface area contributed by atoms with Gasteiger partial charge >= 0.3 is 5.97 Å². The zero-order valence-electron chi connectivity index (χ0n) is 12.5. The number of rotatable bonds is 7. The summed E-state index contributed by atoms with van der Waals surface area (Å²) in [4.78, 5) is 11.2. The van der Waals surface area contributed by atoms with E-state index in [1.807, 2.05) is 25.1 Å². The first-order chi connectivity index (χ1) is 9.51. The van der Waals surface area contributed by atoms with Crippen molar-refractivity contribution < 1.29 is 19.0 Å². The molecule has 112 valence electrons. The van der Waals surface area contributed by atoms with Crippen molar-refractivity contribution in [3.63, 3.8) is 0 Å². The van der Waals surface area contributed by atoms with Crippen LogP contribution in [0.2, 0.25) is 0 Å². The largest absolute Gasteiger partial charge is 0.493 e. The molecule has 0 fully saturated rings. The van der Waals surface area contributed by atoms with Crippen molar-refractivity contribution in [2.24, 2.45) is 11.7 Å². The fraction of sp³-hybridized carbons (Fsp3) is 0.533. The Kier molecular flexibility index (Phi) is 6.31. The van der Waals surface area contributed by atoms with E-state index in [9.17, 15) is 4.79 Å². The predicted molar refractivity (Wildman–Crippen MR) is 76.9 cm³/mol. The topological polar surface area (TPSA) is 70.8 Å². The fourth-order valence-electron chi connectivity index (χ4n) is 2.10. The standard InChI is InChI=1S/C15H23NO4/c1-10(8-15(17)20-4)7-12(16)11-5-6-13(18-2)14(9-11)19-3/h5-6,9-10,12H,7-8,16H2,1-4H3. The second kappa shape index (κ2) is 7.75. The number of ether oxygens (including phenoxy) is 3. The SMILES string of the molecule is COC(=O)CC(C)CC(N)c1ccc(OC)c(OC)c1. The van der Waals surface area contributed by atoms with Gasteiger partial charge in [0.1, 0.15) is 0 Å². The molecule has 2 N–H and O–H groups in total. The van der Waals surface area contributed by atoms with E-state index >= 15 is 0 Å². The van der Waals surface area contributed by atoms with Crippen LogP contribution in [0, 0.1) is 5.92 Å². The molecule has 0 aromatic heterocycles. The third-order valence-corrected chi connectivity index (χ3v) is 3.23. The molecule has 0 radical (unpaired) electrons. The van der Waals surface area contributed by atoms with Gasteiger partial charge < -0.3 is 19.9 Å². The number of methoxy groups -OCH3 is 3. The van der Waals surface area contributed by atoms with Crippen molar-refractivity contribution in [1.29, 1.82) is 0 Å². The van der Waals surface area contributed by atoms with E-state index in [0.29, 0.717) is 24.3 Å². The summed E-state index contributed by atoms with van der Waals surface area (Å²) in [5.41, 5.74) is 7.14. The molecular formula is C15H23NO4. The quantitative estimate of drug-likeness (QED) is 0.776. The Morgan fingerprint density at radius 2 is 1.85 bits per heavy atom. The van der Waals surface area contributed by atoms with Crippen LogP contribution in [0.4, 0.5) is 0 Å². The number of esters is 1. The lowest BCUT2D eigenvalue weighted by Gasteiger charge is -2.18. The van der Waals surface area contributed by atoms with Gasteiger partial charge in [-0.25, -0.2) is 0 Å². The summed E-state index contributed by atoms with van der Waals surface area (Å²) < 4.78 is 15.1. The van der Waals surface area contributed by atoms with Gasteiger partial charge in [0, 0.05) is 12.5 Å². The van der Waals surface area contributed by atoms with Crippen LogP contribution in [-0.4, -0.2) is 27.3 Å². The van der Waals surface area contributed by atoms with Crippen molar-refractivity contribution >= 4 is 5.97 Å². The van der Waals surface area contributed by atoms with E-state index in [-0.39, 0.29) is 17.9 Å². The monoisotopic (exact) mass is 281 g/mol. The van der Waals surface area contributed by atoms with Crippen LogP contribution in [0.1, 0.15) is 31.4 Å². The zero-order valence-corrected chi connectivity index (χ0v) is 12.5. The van der Waals surface area contributed by atoms with Gasteiger partial charge in [-0.05, 0) is 30.0 Å². The third kappa shape index (κ3) is 4.42. The van der Waals surface area contributed by atoms with Crippen LogP contribution >= 0.6 is 0 Å². The highest BCUT2D eigenvalue weighted by Gasteiger charge is 2.16. The predicted octanol–water partition coefficient (Wildman–Crippen LogP) is 2.29. The summed E-state index contributed by atoms with van der Waals surface area (Å²) in [7, 11) is 4.58. The van der Waals surface area contributed by atoms with Gasteiger partial charge in [0.05, 0.1) is 21.3 Å². The number of benzene rings is 1. The van der Waals surface area contributed by atoms with Gasteiger partial charge in [0.2, 0.25) is 0 Å². The Morgan fingerprint density at radius 3 is 2.40 bits per heavy atom. The minimum absolute atomic E-state index is 0.158. The molecule has 2 unspecified atom stereocenters. The average molecular weight is 281 g/mol. The van der Waals surface area contributed by atoms with Crippen molar-refractivity contribution in [2.45, 2.75) is 25.8 Å². The first kappa shape index (κ1) is 16.3. The Balaban J connectivity index is 2.72. The fourth-order valence-corrected chi connectivity index (χ4v) is 2.10. The van der Waals surface area contributed by atoms with E-state index in [1.54, 1.807) is 14.2 Å². The molecule has 1 rings (SSSR count). The highest BCUT2D eigenvalue weighted by Crippen LogP contribution is 2.31. The van der Waals surface area contributed by atoms with Crippen molar-refractivity contribution in [3.05, 3.63) is 23.8 Å². The summed E-state index contributed by atoms with van der Waals surface area (Å²) in [5.74, 6) is 1.27. The maximum atomic E-state index is 11.2. The molecule has 0 aliphatic rings. The lowest BCUT2D eigenvalue weighted by molar-refractivity contribution is -0.141. The molecule has 0 amide bonds. The molecule has 0 saturated heterocycles. The van der Waals surface area contributed by atoms with Crippen LogP contribution in [0.25, 0.3) is 0 Å². The summed E-state index contributed by atoms with van der Waals surface area (Å²) in [6.45, 7) is 1.98. The van der Waals surface area contributed by atoms with Gasteiger partial charge in [0.25, 0.3) is 0 Å². The second-order valence-electron chi connectivity index (χ2n) is 4.84. The molecule has 0 aliphatic heterocycles. The summed E-state index contributed by atoms with van der Waals surface area (Å²) >= 11 is 0. The number of hydrogen-bond donors (Lipinski definition) is 1. The van der Waals surface area contributed by atoms with Gasteiger partial charge in [0.15, 0.2) is 11.5 Å². The minimum Gasteiger partial charge on any atom is -0.493 e. The normalized spacial score (nSPS) is 13.4. The summed E-state index contributed by atoms with van der Waals surface area (Å²) in [6, 6.07) is 5.46. The van der Waals surface area contributed by atoms with Crippen molar-refractivity contribution in [2.75, 3.05) is 21.3 Å². The third-order valence-electron chi connectivity index (χ3n) is 3.23. The molecule has 0 saturated carbocycles. The molecule has 5 heteroatoms. The van der Waals surface area contributed by atoms with Crippen LogP contribution in [0.3, 0.4) is 0 Å². The number of hydrogen-bond acceptors (Lipinski definition) is 5. The molecule has 5 nitrogen and oxygen atoms in total. The van der Waals surface area contributed by atoms with Crippen LogP contribution < -0.4 is 15.2 Å². The van der Waals surface area contributed by atoms with E-state index in [4.69, 9.17) is 15.2 Å². The highest BCUT2D eigenvalue weighted by molar-refractivity contribution is 5.69. The first-order valence-electron chi connectivity index (χ1n) is 6.56. The molecule has 2 atom stereocenters.